The molecule has 11 rings (SSSR count). The summed E-state index contributed by atoms with van der Waals surface area (Å²) in [6.45, 7) is 4.70. The number of fused-ring (bicyclic) bond motifs is 10. The van der Waals surface area contributed by atoms with Crippen LogP contribution in [0.1, 0.15) is 25.0 Å². The predicted molar refractivity (Wildman–Crippen MR) is 221 cm³/mol. The Morgan fingerprint density at radius 1 is 0.415 bits per heavy atom. The number of nitrogens with zero attached hydrogens (tertiary/aromatic N) is 3. The van der Waals surface area contributed by atoms with Crippen molar-refractivity contribution in [2.24, 2.45) is 0 Å². The van der Waals surface area contributed by atoms with Gasteiger partial charge in [0.1, 0.15) is 0 Å². The minimum absolute atomic E-state index is 0.196. The maximum absolute atomic E-state index is 5.46. The van der Waals surface area contributed by atoms with E-state index in [9.17, 15) is 0 Å². The Morgan fingerprint density at radius 2 is 1.06 bits per heavy atom. The Labute approximate surface area is 307 Å². The first-order valence-corrected chi connectivity index (χ1v) is 18.3. The Morgan fingerprint density at radius 3 is 1.91 bits per heavy atom. The molecule has 7 aromatic carbocycles. The van der Waals surface area contributed by atoms with E-state index < -0.39 is 0 Å². The molecule has 0 bridgehead atoms. The summed E-state index contributed by atoms with van der Waals surface area (Å²) in [7, 11) is 0. The maximum atomic E-state index is 5.46. The molecule has 10 aromatic rings. The fourth-order valence-corrected chi connectivity index (χ4v) is 8.93. The quantitative estimate of drug-likeness (QED) is 0.175. The monoisotopic (exact) mass is 675 g/mol. The smallest absolute Gasteiger partial charge is 0.0972 e. The molecule has 0 fully saturated rings. The van der Waals surface area contributed by atoms with Crippen molar-refractivity contribution < 1.29 is 0 Å². The first kappa shape index (κ1) is 30.0. The summed E-state index contributed by atoms with van der Waals surface area (Å²) in [4.78, 5) is 15.4. The van der Waals surface area contributed by atoms with Crippen LogP contribution in [0.15, 0.2) is 164 Å². The normalized spacial score (nSPS) is 13.2. The van der Waals surface area contributed by atoms with Gasteiger partial charge < -0.3 is 0 Å². The van der Waals surface area contributed by atoms with Gasteiger partial charge in [0, 0.05) is 44.3 Å². The minimum atomic E-state index is -0.196. The molecule has 3 nitrogen and oxygen atoms in total. The molecule has 1 aliphatic rings. The van der Waals surface area contributed by atoms with Crippen molar-refractivity contribution in [3.8, 4) is 44.8 Å². The molecule has 0 atom stereocenters. The first-order chi connectivity index (χ1) is 26.0. The summed E-state index contributed by atoms with van der Waals surface area (Å²) >= 11 is 0. The van der Waals surface area contributed by atoms with E-state index in [2.05, 4.69) is 166 Å². The van der Waals surface area contributed by atoms with E-state index in [1.165, 1.54) is 65.9 Å². The van der Waals surface area contributed by atoms with Crippen LogP contribution in [0.5, 0.6) is 0 Å². The Kier molecular flexibility index (Phi) is 6.30. The average Bonchev–Trinajstić information content (AvgIpc) is 3.45. The van der Waals surface area contributed by atoms with Gasteiger partial charge >= 0.3 is 0 Å². The third-order valence-electron chi connectivity index (χ3n) is 11.5. The van der Waals surface area contributed by atoms with Crippen molar-refractivity contribution in [1.82, 2.24) is 15.0 Å². The van der Waals surface area contributed by atoms with E-state index in [1.807, 2.05) is 12.3 Å². The predicted octanol–water partition coefficient (Wildman–Crippen LogP) is 12.9. The number of benzene rings is 7. The van der Waals surface area contributed by atoms with Gasteiger partial charge in [-0.25, -0.2) is 9.97 Å². The second-order valence-corrected chi connectivity index (χ2v) is 14.8. The topological polar surface area (TPSA) is 38.7 Å². The van der Waals surface area contributed by atoms with Crippen molar-refractivity contribution in [3.05, 3.63) is 175 Å². The molecule has 0 aliphatic heterocycles. The van der Waals surface area contributed by atoms with Crippen molar-refractivity contribution in [2.75, 3.05) is 0 Å². The first-order valence-electron chi connectivity index (χ1n) is 18.3. The van der Waals surface area contributed by atoms with Gasteiger partial charge in [0.15, 0.2) is 0 Å². The molecule has 0 saturated heterocycles. The lowest BCUT2D eigenvalue weighted by atomic mass is 9.78. The van der Waals surface area contributed by atoms with Crippen molar-refractivity contribution in [3.63, 3.8) is 0 Å². The lowest BCUT2D eigenvalue weighted by molar-refractivity contribution is 0.662. The summed E-state index contributed by atoms with van der Waals surface area (Å²) < 4.78 is 0. The molecule has 1 aliphatic carbocycles. The number of hydrogen-bond acceptors (Lipinski definition) is 3. The summed E-state index contributed by atoms with van der Waals surface area (Å²) in [6.07, 6.45) is 1.85. The molecular weight excluding hydrogens is 643 g/mol. The third kappa shape index (κ3) is 4.37. The van der Waals surface area contributed by atoms with Gasteiger partial charge in [0.25, 0.3) is 0 Å². The summed E-state index contributed by atoms with van der Waals surface area (Å²) in [5.74, 6) is 0. The highest BCUT2D eigenvalue weighted by molar-refractivity contribution is 6.13. The van der Waals surface area contributed by atoms with Gasteiger partial charge in [-0.2, -0.15) is 0 Å². The molecule has 0 spiro atoms. The van der Waals surface area contributed by atoms with Crippen molar-refractivity contribution in [1.29, 1.82) is 0 Å². The van der Waals surface area contributed by atoms with Crippen LogP contribution in [0.2, 0.25) is 0 Å². The Balaban J connectivity index is 1.08. The second kappa shape index (κ2) is 11.1. The van der Waals surface area contributed by atoms with Crippen LogP contribution < -0.4 is 0 Å². The summed E-state index contributed by atoms with van der Waals surface area (Å²) in [5, 5.41) is 8.15. The van der Waals surface area contributed by atoms with Crippen molar-refractivity contribution in [2.45, 2.75) is 19.3 Å². The fraction of sp³-hybridized carbons (Fsp3) is 0.0600. The van der Waals surface area contributed by atoms with E-state index in [4.69, 9.17) is 15.0 Å². The van der Waals surface area contributed by atoms with E-state index in [0.717, 1.165) is 44.3 Å². The Bertz CT molecular complexity index is 3140. The van der Waals surface area contributed by atoms with E-state index in [-0.39, 0.29) is 5.41 Å². The highest BCUT2D eigenvalue weighted by Crippen LogP contribution is 2.53. The zero-order valence-corrected chi connectivity index (χ0v) is 29.4. The van der Waals surface area contributed by atoms with Gasteiger partial charge in [0.05, 0.1) is 27.9 Å². The van der Waals surface area contributed by atoms with Crippen LogP contribution in [-0.4, -0.2) is 15.0 Å². The van der Waals surface area contributed by atoms with Crippen LogP contribution in [-0.2, 0) is 5.41 Å². The summed E-state index contributed by atoms with van der Waals surface area (Å²) in [5.41, 5.74) is 14.6. The zero-order valence-electron chi connectivity index (χ0n) is 29.4. The molecule has 248 valence electrons. The molecule has 0 saturated carbocycles. The van der Waals surface area contributed by atoms with Gasteiger partial charge in [-0.3, -0.25) is 4.98 Å². The summed E-state index contributed by atoms with van der Waals surface area (Å²) in [6, 6.07) is 56.9. The largest absolute Gasteiger partial charge is 0.254 e. The average molecular weight is 676 g/mol. The van der Waals surface area contributed by atoms with E-state index in [1.54, 1.807) is 0 Å². The van der Waals surface area contributed by atoms with Gasteiger partial charge in [-0.05, 0) is 61.7 Å². The zero-order chi connectivity index (χ0) is 35.3. The highest BCUT2D eigenvalue weighted by atomic mass is 14.8. The van der Waals surface area contributed by atoms with Crippen molar-refractivity contribution >= 4 is 54.3 Å². The molecule has 0 radical (unpaired) electrons. The molecule has 53 heavy (non-hydrogen) atoms. The lowest BCUT2D eigenvalue weighted by Gasteiger charge is -2.25. The molecule has 3 aromatic heterocycles. The number of hydrogen-bond donors (Lipinski definition) is 0. The van der Waals surface area contributed by atoms with Crippen LogP contribution in [0.3, 0.4) is 0 Å². The number of pyridine rings is 3. The van der Waals surface area contributed by atoms with Crippen LogP contribution >= 0.6 is 0 Å². The van der Waals surface area contributed by atoms with Gasteiger partial charge in [-0.1, -0.05) is 159 Å². The molecular formula is C50H33N3. The molecule has 0 amide bonds. The fourth-order valence-electron chi connectivity index (χ4n) is 8.93. The van der Waals surface area contributed by atoms with Crippen LogP contribution in [0.25, 0.3) is 99.0 Å². The van der Waals surface area contributed by atoms with E-state index in [0.29, 0.717) is 0 Å². The SMILES string of the molecule is CC1(C)c2ccccc2-c2nc3c(ccc4ccccc43)c(-c3ccc(-c4ccc(-c5ccc6ccc7cccnc7c6n5)c5ccccc45)cc3)c21. The standard InChI is InChI=1S/C50H33N3/c1-50(2)42-16-8-7-15-40(42)49-45(50)44(41-25-23-30-10-3-4-12-36(30)48(41)53-49)32-19-17-31(18-20-32)35-26-27-39(38-14-6-5-13-37(35)38)43-28-24-34-22-21-33-11-9-29-51-46(33)47(34)52-43/h3-29H,1-2H3. The molecule has 0 unspecified atom stereocenters. The molecule has 0 N–H and O–H groups in total. The van der Waals surface area contributed by atoms with Crippen LogP contribution in [0, 0.1) is 0 Å². The van der Waals surface area contributed by atoms with E-state index >= 15 is 0 Å². The Hall–Kier alpha value is -6.71. The highest BCUT2D eigenvalue weighted by Gasteiger charge is 2.39. The van der Waals surface area contributed by atoms with Gasteiger partial charge in [0.2, 0.25) is 0 Å². The van der Waals surface area contributed by atoms with Crippen LogP contribution in [0.4, 0.5) is 0 Å². The lowest BCUT2D eigenvalue weighted by Crippen LogP contribution is -2.16. The number of rotatable bonds is 3. The third-order valence-corrected chi connectivity index (χ3v) is 11.5. The minimum Gasteiger partial charge on any atom is -0.254 e. The maximum Gasteiger partial charge on any atom is 0.0972 e. The molecule has 3 heteroatoms. The molecule has 3 heterocycles. The number of aromatic nitrogens is 3. The van der Waals surface area contributed by atoms with Gasteiger partial charge in [-0.15, -0.1) is 0 Å². The second-order valence-electron chi connectivity index (χ2n) is 14.8.